The van der Waals surface area contributed by atoms with Crippen molar-refractivity contribution < 1.29 is 4.74 Å². The predicted octanol–water partition coefficient (Wildman–Crippen LogP) is 1.51. The molecular formula is C14H22N4O. The fourth-order valence-electron chi connectivity index (χ4n) is 3.29. The molecule has 0 aliphatic carbocycles. The maximum Gasteiger partial charge on any atom is 0.228 e. The molecule has 1 aromatic heterocycles. The Hall–Kier alpha value is -1.36. The summed E-state index contributed by atoms with van der Waals surface area (Å²) in [6.45, 7) is 1.98. The fraction of sp³-hybridized carbons (Fsp3) is 0.714. The van der Waals surface area contributed by atoms with E-state index >= 15 is 0 Å². The van der Waals surface area contributed by atoms with Crippen LogP contribution in [-0.2, 0) is 0 Å². The number of anilines is 1. The highest BCUT2D eigenvalue weighted by atomic mass is 16.5. The van der Waals surface area contributed by atoms with Crippen molar-refractivity contribution in [1.29, 1.82) is 0 Å². The Labute approximate surface area is 114 Å². The lowest BCUT2D eigenvalue weighted by atomic mass is 9.99. The van der Waals surface area contributed by atoms with Crippen LogP contribution in [0, 0.1) is 6.92 Å². The van der Waals surface area contributed by atoms with Crippen molar-refractivity contribution in [1.82, 2.24) is 15.3 Å². The summed E-state index contributed by atoms with van der Waals surface area (Å²) in [5.41, 5.74) is 0.950. The van der Waals surface area contributed by atoms with E-state index < -0.39 is 0 Å². The number of nitrogens with zero attached hydrogens (tertiary/aromatic N) is 3. The van der Waals surface area contributed by atoms with Gasteiger partial charge in [-0.3, -0.25) is 0 Å². The summed E-state index contributed by atoms with van der Waals surface area (Å²) >= 11 is 0. The second kappa shape index (κ2) is 4.96. The molecule has 0 aromatic carbocycles. The lowest BCUT2D eigenvalue weighted by molar-refractivity contribution is 0.350. The number of rotatable bonds is 3. The van der Waals surface area contributed by atoms with Gasteiger partial charge in [0.05, 0.1) is 7.11 Å². The maximum atomic E-state index is 5.24. The summed E-state index contributed by atoms with van der Waals surface area (Å²) in [6.07, 6.45) is 5.00. The second-order valence-corrected chi connectivity index (χ2v) is 5.73. The first kappa shape index (κ1) is 12.7. The molecule has 2 unspecified atom stereocenters. The summed E-state index contributed by atoms with van der Waals surface area (Å²) in [4.78, 5) is 11.2. The Balaban J connectivity index is 1.79. The first-order valence-electron chi connectivity index (χ1n) is 7.04. The van der Waals surface area contributed by atoms with Gasteiger partial charge in [0.25, 0.3) is 0 Å². The molecule has 1 N–H and O–H groups in total. The number of ether oxygens (including phenoxy) is 1. The maximum absolute atomic E-state index is 5.24. The molecule has 0 radical (unpaired) electrons. The van der Waals surface area contributed by atoms with Crippen LogP contribution >= 0.6 is 0 Å². The zero-order valence-electron chi connectivity index (χ0n) is 11.9. The van der Waals surface area contributed by atoms with E-state index in [4.69, 9.17) is 4.74 Å². The number of methoxy groups -OCH3 is 1. The molecule has 2 atom stereocenters. The van der Waals surface area contributed by atoms with Gasteiger partial charge in [0.1, 0.15) is 0 Å². The number of nitrogens with one attached hydrogen (secondary N) is 1. The monoisotopic (exact) mass is 262 g/mol. The molecule has 2 saturated heterocycles. The zero-order valence-corrected chi connectivity index (χ0v) is 11.9. The Kier molecular flexibility index (Phi) is 3.31. The number of aryl methyl sites for hydroxylation is 1. The van der Waals surface area contributed by atoms with E-state index in [0.29, 0.717) is 24.0 Å². The van der Waals surface area contributed by atoms with Crippen LogP contribution in [0.25, 0.3) is 0 Å². The summed E-state index contributed by atoms with van der Waals surface area (Å²) in [5.74, 6) is 1.43. The molecule has 0 amide bonds. The van der Waals surface area contributed by atoms with Crippen LogP contribution in [0.3, 0.4) is 0 Å². The Morgan fingerprint density at radius 1 is 1.26 bits per heavy atom. The van der Waals surface area contributed by atoms with Crippen molar-refractivity contribution in [3.63, 3.8) is 0 Å². The van der Waals surface area contributed by atoms with E-state index in [0.717, 1.165) is 11.6 Å². The summed E-state index contributed by atoms with van der Waals surface area (Å²) < 4.78 is 5.24. The van der Waals surface area contributed by atoms with Crippen molar-refractivity contribution in [3.8, 4) is 5.88 Å². The topological polar surface area (TPSA) is 50.3 Å². The molecule has 0 saturated carbocycles. The fourth-order valence-corrected chi connectivity index (χ4v) is 3.29. The standard InChI is InChI=1S/C14H22N4O/c1-9-6-13(19-3)17-14(15-9)18(2)12-7-10-4-5-11(8-12)16-10/h6,10-12,16H,4-5,7-8H2,1-3H3. The number of hydrogen-bond donors (Lipinski definition) is 1. The van der Waals surface area contributed by atoms with E-state index in [1.165, 1.54) is 25.7 Å². The van der Waals surface area contributed by atoms with Crippen LogP contribution < -0.4 is 15.0 Å². The molecule has 104 valence electrons. The average molecular weight is 262 g/mol. The first-order chi connectivity index (χ1) is 9.15. The van der Waals surface area contributed by atoms with Gasteiger partial charge in [0.2, 0.25) is 11.8 Å². The van der Waals surface area contributed by atoms with Crippen LogP contribution in [0.5, 0.6) is 5.88 Å². The molecule has 2 bridgehead atoms. The van der Waals surface area contributed by atoms with Gasteiger partial charge in [-0.2, -0.15) is 4.98 Å². The molecule has 19 heavy (non-hydrogen) atoms. The van der Waals surface area contributed by atoms with Crippen LogP contribution in [0.4, 0.5) is 5.95 Å². The van der Waals surface area contributed by atoms with Gasteiger partial charge in [0, 0.05) is 36.9 Å². The Morgan fingerprint density at radius 3 is 2.58 bits per heavy atom. The number of aromatic nitrogens is 2. The van der Waals surface area contributed by atoms with Crippen LogP contribution in [0.15, 0.2) is 6.07 Å². The van der Waals surface area contributed by atoms with Gasteiger partial charge < -0.3 is 15.0 Å². The van der Waals surface area contributed by atoms with Gasteiger partial charge in [-0.15, -0.1) is 0 Å². The van der Waals surface area contributed by atoms with Gasteiger partial charge in [-0.05, 0) is 32.6 Å². The van der Waals surface area contributed by atoms with Crippen molar-refractivity contribution in [2.75, 3.05) is 19.1 Å². The third-order valence-electron chi connectivity index (χ3n) is 4.34. The molecule has 5 nitrogen and oxygen atoms in total. The van der Waals surface area contributed by atoms with Crippen LogP contribution in [0.1, 0.15) is 31.4 Å². The highest BCUT2D eigenvalue weighted by molar-refractivity contribution is 5.35. The molecular weight excluding hydrogens is 240 g/mol. The van der Waals surface area contributed by atoms with Crippen molar-refractivity contribution in [2.24, 2.45) is 0 Å². The van der Waals surface area contributed by atoms with Crippen LogP contribution in [0.2, 0.25) is 0 Å². The largest absolute Gasteiger partial charge is 0.481 e. The highest BCUT2D eigenvalue weighted by Gasteiger charge is 2.35. The van der Waals surface area contributed by atoms with Gasteiger partial charge in [-0.25, -0.2) is 4.98 Å². The van der Waals surface area contributed by atoms with E-state index in [-0.39, 0.29) is 0 Å². The summed E-state index contributed by atoms with van der Waals surface area (Å²) in [5, 5.41) is 3.67. The Morgan fingerprint density at radius 2 is 1.95 bits per heavy atom. The molecule has 1 aromatic rings. The summed E-state index contributed by atoms with van der Waals surface area (Å²) in [7, 11) is 3.75. The molecule has 2 fully saturated rings. The lowest BCUT2D eigenvalue weighted by Gasteiger charge is -2.35. The molecule has 3 heterocycles. The van der Waals surface area contributed by atoms with Crippen molar-refractivity contribution in [2.45, 2.75) is 50.7 Å². The van der Waals surface area contributed by atoms with Gasteiger partial charge in [0.15, 0.2) is 0 Å². The summed E-state index contributed by atoms with van der Waals surface area (Å²) in [6, 6.07) is 3.75. The molecule has 5 heteroatoms. The minimum Gasteiger partial charge on any atom is -0.481 e. The zero-order chi connectivity index (χ0) is 13.4. The van der Waals surface area contributed by atoms with E-state index in [1.807, 2.05) is 13.0 Å². The van der Waals surface area contributed by atoms with Crippen molar-refractivity contribution >= 4 is 5.95 Å². The van der Waals surface area contributed by atoms with E-state index in [1.54, 1.807) is 7.11 Å². The number of fused-ring (bicyclic) bond motifs is 2. The molecule has 0 spiro atoms. The quantitative estimate of drug-likeness (QED) is 0.895. The normalized spacial score (nSPS) is 29.3. The lowest BCUT2D eigenvalue weighted by Crippen LogP contribution is -2.47. The number of piperidine rings is 1. The predicted molar refractivity (Wildman–Crippen MR) is 74.7 cm³/mol. The molecule has 3 rings (SSSR count). The van der Waals surface area contributed by atoms with E-state index in [2.05, 4.69) is 27.2 Å². The molecule has 2 aliphatic heterocycles. The van der Waals surface area contributed by atoms with Gasteiger partial charge in [-0.1, -0.05) is 0 Å². The van der Waals surface area contributed by atoms with Crippen molar-refractivity contribution in [3.05, 3.63) is 11.8 Å². The average Bonchev–Trinajstić information content (AvgIpc) is 2.75. The second-order valence-electron chi connectivity index (χ2n) is 5.73. The third-order valence-corrected chi connectivity index (χ3v) is 4.34. The minimum atomic E-state index is 0.533. The SMILES string of the molecule is COc1cc(C)nc(N(C)C2CC3CCC(C2)N3)n1. The first-order valence-corrected chi connectivity index (χ1v) is 7.04. The van der Waals surface area contributed by atoms with Gasteiger partial charge >= 0.3 is 0 Å². The van der Waals surface area contributed by atoms with Crippen LogP contribution in [-0.4, -0.2) is 42.3 Å². The minimum absolute atomic E-state index is 0.533. The third kappa shape index (κ3) is 2.52. The Bertz CT molecular complexity index is 453. The van der Waals surface area contributed by atoms with E-state index in [9.17, 15) is 0 Å². The smallest absolute Gasteiger partial charge is 0.228 e. The molecule has 2 aliphatic rings. The number of hydrogen-bond acceptors (Lipinski definition) is 5. The highest BCUT2D eigenvalue weighted by Crippen LogP contribution is 2.30.